The van der Waals surface area contributed by atoms with Gasteiger partial charge in [-0.3, -0.25) is 4.79 Å². The van der Waals surface area contributed by atoms with Crippen molar-refractivity contribution in [2.75, 3.05) is 6.54 Å². The van der Waals surface area contributed by atoms with E-state index in [-0.39, 0.29) is 12.1 Å². The van der Waals surface area contributed by atoms with Crippen molar-refractivity contribution in [2.24, 2.45) is 17.4 Å². The van der Waals surface area contributed by atoms with Gasteiger partial charge in [0.1, 0.15) is 0 Å². The molecule has 0 spiro atoms. The van der Waals surface area contributed by atoms with Gasteiger partial charge in [-0.05, 0) is 82.9 Å². The van der Waals surface area contributed by atoms with Gasteiger partial charge in [0.2, 0.25) is 0 Å². The number of allylic oxidation sites excluding steroid dienone is 1. The van der Waals surface area contributed by atoms with Crippen LogP contribution in [0.3, 0.4) is 0 Å². The predicted octanol–water partition coefficient (Wildman–Crippen LogP) is 3.65. The summed E-state index contributed by atoms with van der Waals surface area (Å²) in [5.41, 5.74) is 15.5. The van der Waals surface area contributed by atoms with E-state index < -0.39 is 0 Å². The number of hydrogen-bond donors (Lipinski definition) is 2. The lowest BCUT2D eigenvalue weighted by atomic mass is 9.86. The van der Waals surface area contributed by atoms with Crippen molar-refractivity contribution in [1.29, 1.82) is 0 Å². The number of carbonyl (C=O) groups is 1. The molecule has 0 aromatic carbocycles. The molecule has 3 saturated carbocycles. The van der Waals surface area contributed by atoms with Gasteiger partial charge < -0.3 is 21.3 Å². The Bertz CT molecular complexity index is 674. The molecule has 3 fully saturated rings. The van der Waals surface area contributed by atoms with Crippen molar-refractivity contribution in [1.82, 2.24) is 9.80 Å². The van der Waals surface area contributed by atoms with Crippen molar-refractivity contribution in [2.45, 2.75) is 109 Å². The average Bonchev–Trinajstić information content (AvgIpc) is 3.52. The SMILES string of the molecule is CC1=C(C(=O)N(C2CC2)C2CCC(N)/C(=C\N)C2)CC(C)N1CC1CCCCC1. The Kier molecular flexibility index (Phi) is 6.24. The Balaban J connectivity index is 1.50. The Labute approximate surface area is 176 Å². The lowest BCUT2D eigenvalue weighted by Crippen LogP contribution is -2.47. The number of amides is 1. The first-order valence-electron chi connectivity index (χ1n) is 11.9. The summed E-state index contributed by atoms with van der Waals surface area (Å²) >= 11 is 0. The summed E-state index contributed by atoms with van der Waals surface area (Å²) in [6.45, 7) is 5.61. The summed E-state index contributed by atoms with van der Waals surface area (Å²) in [4.78, 5) is 18.5. The Morgan fingerprint density at radius 2 is 1.76 bits per heavy atom. The molecular formula is C24H40N4O. The van der Waals surface area contributed by atoms with Crippen LogP contribution < -0.4 is 11.5 Å². The summed E-state index contributed by atoms with van der Waals surface area (Å²) in [5, 5.41) is 0. The lowest BCUT2D eigenvalue weighted by Gasteiger charge is -2.38. The van der Waals surface area contributed by atoms with E-state index in [1.54, 1.807) is 6.20 Å². The summed E-state index contributed by atoms with van der Waals surface area (Å²) in [7, 11) is 0. The number of rotatable bonds is 5. The molecule has 4 N–H and O–H groups in total. The molecule has 1 aliphatic heterocycles. The quantitative estimate of drug-likeness (QED) is 0.739. The second kappa shape index (κ2) is 8.71. The molecule has 29 heavy (non-hydrogen) atoms. The molecule has 162 valence electrons. The molecule has 4 rings (SSSR count). The number of nitrogens with zero attached hydrogens (tertiary/aromatic N) is 2. The maximum absolute atomic E-state index is 13.8. The van der Waals surface area contributed by atoms with Crippen LogP contribution in [0.5, 0.6) is 0 Å². The fraction of sp³-hybridized carbons (Fsp3) is 0.792. The third kappa shape index (κ3) is 4.35. The van der Waals surface area contributed by atoms with Gasteiger partial charge in [0.15, 0.2) is 0 Å². The van der Waals surface area contributed by atoms with Crippen LogP contribution in [-0.2, 0) is 4.79 Å². The van der Waals surface area contributed by atoms with E-state index in [2.05, 4.69) is 23.6 Å². The summed E-state index contributed by atoms with van der Waals surface area (Å²) in [6.07, 6.45) is 14.5. The molecule has 0 radical (unpaired) electrons. The van der Waals surface area contributed by atoms with E-state index in [9.17, 15) is 4.79 Å². The van der Waals surface area contributed by atoms with Gasteiger partial charge in [0, 0.05) is 42.0 Å². The zero-order valence-electron chi connectivity index (χ0n) is 18.4. The first-order valence-corrected chi connectivity index (χ1v) is 11.9. The van der Waals surface area contributed by atoms with E-state index in [0.29, 0.717) is 18.0 Å². The highest BCUT2D eigenvalue weighted by Crippen LogP contribution is 2.39. The number of carbonyl (C=O) groups excluding carboxylic acids is 1. The van der Waals surface area contributed by atoms with E-state index >= 15 is 0 Å². The van der Waals surface area contributed by atoms with E-state index in [1.807, 2.05) is 0 Å². The highest BCUT2D eigenvalue weighted by atomic mass is 16.2. The van der Waals surface area contributed by atoms with Crippen LogP contribution in [0.25, 0.3) is 0 Å². The normalized spacial score (nSPS) is 32.9. The molecule has 3 unspecified atom stereocenters. The van der Waals surface area contributed by atoms with Crippen LogP contribution in [-0.4, -0.2) is 46.4 Å². The van der Waals surface area contributed by atoms with Crippen LogP contribution in [0.4, 0.5) is 0 Å². The Hall–Kier alpha value is -1.49. The van der Waals surface area contributed by atoms with Gasteiger partial charge in [-0.2, -0.15) is 0 Å². The molecule has 0 saturated heterocycles. The van der Waals surface area contributed by atoms with Gasteiger partial charge in [-0.15, -0.1) is 0 Å². The summed E-state index contributed by atoms with van der Waals surface area (Å²) < 4.78 is 0. The van der Waals surface area contributed by atoms with Crippen LogP contribution in [0.2, 0.25) is 0 Å². The second-order valence-electron chi connectivity index (χ2n) is 10.0. The molecule has 5 heteroatoms. The molecular weight excluding hydrogens is 360 g/mol. The summed E-state index contributed by atoms with van der Waals surface area (Å²) in [5.74, 6) is 1.09. The van der Waals surface area contributed by atoms with Gasteiger partial charge in [0.05, 0.1) is 0 Å². The van der Waals surface area contributed by atoms with E-state index in [1.165, 1.54) is 37.8 Å². The molecule has 5 nitrogen and oxygen atoms in total. The minimum Gasteiger partial charge on any atom is -0.405 e. The van der Waals surface area contributed by atoms with Crippen molar-refractivity contribution < 1.29 is 4.79 Å². The highest BCUT2D eigenvalue weighted by Gasteiger charge is 2.42. The zero-order chi connectivity index (χ0) is 20.5. The minimum absolute atomic E-state index is 0.0610. The number of hydrogen-bond acceptors (Lipinski definition) is 4. The Morgan fingerprint density at radius 3 is 2.41 bits per heavy atom. The van der Waals surface area contributed by atoms with Crippen molar-refractivity contribution in [3.05, 3.63) is 23.0 Å². The first-order chi connectivity index (χ1) is 14.0. The largest absolute Gasteiger partial charge is 0.405 e. The fourth-order valence-corrected chi connectivity index (χ4v) is 5.91. The number of nitrogens with two attached hydrogens (primary N) is 2. The van der Waals surface area contributed by atoms with E-state index in [0.717, 1.165) is 62.1 Å². The third-order valence-electron chi connectivity index (χ3n) is 7.88. The highest BCUT2D eigenvalue weighted by molar-refractivity contribution is 5.95. The Morgan fingerprint density at radius 1 is 1.07 bits per heavy atom. The van der Waals surface area contributed by atoms with E-state index in [4.69, 9.17) is 11.5 Å². The van der Waals surface area contributed by atoms with Crippen molar-refractivity contribution in [3.63, 3.8) is 0 Å². The monoisotopic (exact) mass is 400 g/mol. The summed E-state index contributed by atoms with van der Waals surface area (Å²) in [6, 6.07) is 1.18. The molecule has 0 aromatic heterocycles. The van der Waals surface area contributed by atoms with Crippen LogP contribution in [0, 0.1) is 5.92 Å². The molecule has 0 aromatic rings. The van der Waals surface area contributed by atoms with Crippen molar-refractivity contribution in [3.8, 4) is 0 Å². The molecule has 3 aliphatic carbocycles. The van der Waals surface area contributed by atoms with Crippen molar-refractivity contribution >= 4 is 5.91 Å². The smallest absolute Gasteiger partial charge is 0.252 e. The molecule has 1 amide bonds. The average molecular weight is 401 g/mol. The maximum atomic E-state index is 13.8. The molecule has 0 bridgehead atoms. The van der Waals surface area contributed by atoms with Crippen LogP contribution in [0.1, 0.15) is 84.5 Å². The molecule has 4 aliphatic rings. The third-order valence-corrected chi connectivity index (χ3v) is 7.88. The first kappa shape index (κ1) is 20.8. The lowest BCUT2D eigenvalue weighted by molar-refractivity contribution is -0.130. The molecule has 3 atom stereocenters. The van der Waals surface area contributed by atoms with Gasteiger partial charge in [0.25, 0.3) is 5.91 Å². The van der Waals surface area contributed by atoms with Crippen LogP contribution >= 0.6 is 0 Å². The molecule has 1 heterocycles. The van der Waals surface area contributed by atoms with Gasteiger partial charge in [-0.25, -0.2) is 0 Å². The topological polar surface area (TPSA) is 75.6 Å². The van der Waals surface area contributed by atoms with Crippen LogP contribution in [0.15, 0.2) is 23.0 Å². The minimum atomic E-state index is 0.0610. The standard InChI is InChI=1S/C24H40N4O/c1-16-12-22(17(2)27(16)15-18-6-4-3-5-7-18)24(29)28(20-8-9-20)21-10-11-23(26)19(13-21)14-25/h14,16,18,20-21,23H,3-13,15,25-26H2,1-2H3/b19-14-. The predicted molar refractivity (Wildman–Crippen MR) is 118 cm³/mol. The zero-order valence-corrected chi connectivity index (χ0v) is 18.4. The fourth-order valence-electron chi connectivity index (χ4n) is 5.91. The van der Waals surface area contributed by atoms with Gasteiger partial charge in [-0.1, -0.05) is 19.3 Å². The van der Waals surface area contributed by atoms with Gasteiger partial charge >= 0.3 is 0 Å². The second-order valence-corrected chi connectivity index (χ2v) is 10.0. The maximum Gasteiger partial charge on any atom is 0.252 e.